The zero-order valence-corrected chi connectivity index (χ0v) is 26.8. The van der Waals surface area contributed by atoms with E-state index >= 15 is 4.39 Å². The second-order valence-corrected chi connectivity index (χ2v) is 13.1. The van der Waals surface area contributed by atoms with Crippen LogP contribution in [0.2, 0.25) is 5.02 Å². The molecule has 242 valence electrons. The molecule has 3 fully saturated rings. The van der Waals surface area contributed by atoms with Crippen LogP contribution >= 0.6 is 11.6 Å². The molecule has 2 aromatic carbocycles. The highest BCUT2D eigenvalue weighted by Gasteiger charge is 2.49. The highest BCUT2D eigenvalue weighted by atomic mass is 35.5. The third-order valence-electron chi connectivity index (χ3n) is 10.0. The second kappa shape index (κ2) is 12.3. The van der Waals surface area contributed by atoms with Crippen molar-refractivity contribution in [2.45, 2.75) is 55.9 Å². The smallest absolute Gasteiger partial charge is 0.319 e. The van der Waals surface area contributed by atoms with Crippen molar-refractivity contribution in [2.24, 2.45) is 0 Å². The van der Waals surface area contributed by atoms with Gasteiger partial charge in [0, 0.05) is 60.8 Å². The summed E-state index contributed by atoms with van der Waals surface area (Å²) < 4.78 is 37.5. The maximum absolute atomic E-state index is 16.8. The van der Waals surface area contributed by atoms with Crippen LogP contribution in [0.1, 0.15) is 32.1 Å². The quantitative estimate of drug-likeness (QED) is 0.210. The summed E-state index contributed by atoms with van der Waals surface area (Å²) in [7, 11) is 1.82. The van der Waals surface area contributed by atoms with Gasteiger partial charge >= 0.3 is 6.01 Å². The number of carbonyl (C=O) groups excluding carboxylic acids is 1. The fourth-order valence-corrected chi connectivity index (χ4v) is 8.00. The number of ether oxygens (including phenoxy) is 1. The first-order valence-electron chi connectivity index (χ1n) is 15.8. The van der Waals surface area contributed by atoms with Gasteiger partial charge in [0.1, 0.15) is 29.8 Å². The Labute approximate surface area is 276 Å². The summed E-state index contributed by atoms with van der Waals surface area (Å²) >= 11 is 6.60. The van der Waals surface area contributed by atoms with Gasteiger partial charge in [-0.15, -0.1) is 0 Å². The molecular formula is C35H34ClF2N7O2. The van der Waals surface area contributed by atoms with Crippen LogP contribution in [0.5, 0.6) is 6.01 Å². The van der Waals surface area contributed by atoms with E-state index in [0.29, 0.717) is 53.1 Å². The van der Waals surface area contributed by atoms with Gasteiger partial charge in [-0.2, -0.15) is 15.2 Å². The van der Waals surface area contributed by atoms with E-state index in [1.807, 2.05) is 36.2 Å². The Morgan fingerprint density at radius 3 is 2.87 bits per heavy atom. The Bertz CT molecular complexity index is 1930. The molecule has 3 aliphatic heterocycles. The number of anilines is 1. The number of rotatable bonds is 8. The largest absolute Gasteiger partial charge is 0.461 e. The standard InChI is InChI=1S/C35H34ClF2N7O2/c1-3-28(46)45-19-24(15-23(45)11-13-39)43(2)33-26-17-40-31(25-9-4-7-21-8-5-10-27(36)29(21)25)30(38)32(26)41-34(42-33)47-20-35-12-6-14-44(35)18-22(37)16-35/h3-5,7-10,17,22-24H,1,6,11-12,14-16,18-20H2,2H3/t22-,23+,24-,35+/m1/s1. The van der Waals surface area contributed by atoms with Crippen LogP contribution in [-0.4, -0.2) is 87.7 Å². The van der Waals surface area contributed by atoms with E-state index < -0.39 is 17.5 Å². The van der Waals surface area contributed by atoms with E-state index in [-0.39, 0.29) is 48.2 Å². The molecule has 3 saturated heterocycles. The third-order valence-corrected chi connectivity index (χ3v) is 10.4. The molecule has 0 saturated carbocycles. The Hall–Kier alpha value is -4.40. The Balaban J connectivity index is 1.32. The number of nitrogens with zero attached hydrogens (tertiary/aromatic N) is 7. The van der Waals surface area contributed by atoms with Gasteiger partial charge in [-0.1, -0.05) is 48.5 Å². The van der Waals surface area contributed by atoms with Crippen molar-refractivity contribution in [3.63, 3.8) is 0 Å². The molecule has 1 amide bonds. The normalized spacial score (nSPS) is 24.1. The number of carbonyl (C=O) groups is 1. The van der Waals surface area contributed by atoms with Crippen LogP contribution in [0.15, 0.2) is 55.3 Å². The first kappa shape index (κ1) is 31.2. The first-order valence-corrected chi connectivity index (χ1v) is 16.2. The van der Waals surface area contributed by atoms with E-state index in [0.717, 1.165) is 24.8 Å². The predicted molar refractivity (Wildman–Crippen MR) is 177 cm³/mol. The van der Waals surface area contributed by atoms with Crippen LogP contribution in [-0.2, 0) is 4.79 Å². The fourth-order valence-electron chi connectivity index (χ4n) is 7.71. The minimum absolute atomic E-state index is 0.0204. The molecule has 4 aromatic rings. The van der Waals surface area contributed by atoms with Gasteiger partial charge in [-0.05, 0) is 43.3 Å². The minimum Gasteiger partial charge on any atom is -0.461 e. The van der Waals surface area contributed by atoms with Crippen LogP contribution in [0, 0.1) is 17.1 Å². The van der Waals surface area contributed by atoms with Crippen molar-refractivity contribution >= 4 is 45.0 Å². The topological polar surface area (TPSA) is 98.5 Å². The fraction of sp³-hybridized carbons (Fsp3) is 0.400. The van der Waals surface area contributed by atoms with E-state index in [1.54, 1.807) is 23.2 Å². The number of aromatic nitrogens is 3. The molecule has 7 rings (SSSR count). The summed E-state index contributed by atoms with van der Waals surface area (Å²) in [6.07, 6.45) is 4.66. The highest BCUT2D eigenvalue weighted by Crippen LogP contribution is 2.41. The van der Waals surface area contributed by atoms with Crippen molar-refractivity contribution in [1.29, 1.82) is 5.26 Å². The summed E-state index contributed by atoms with van der Waals surface area (Å²) in [5.74, 6) is -0.533. The lowest BCUT2D eigenvalue weighted by Crippen LogP contribution is -2.43. The molecule has 4 atom stereocenters. The Kier molecular flexibility index (Phi) is 8.18. The molecule has 47 heavy (non-hydrogen) atoms. The Morgan fingerprint density at radius 1 is 1.28 bits per heavy atom. The van der Waals surface area contributed by atoms with Crippen LogP contribution in [0.3, 0.4) is 0 Å². The molecule has 0 N–H and O–H groups in total. The number of likely N-dealkylation sites (N-methyl/N-ethyl adjacent to an activating group) is 1. The van der Waals surface area contributed by atoms with Gasteiger partial charge in [-0.3, -0.25) is 14.7 Å². The molecule has 0 aliphatic carbocycles. The van der Waals surface area contributed by atoms with Gasteiger partial charge in [0.05, 0.1) is 23.4 Å². The average Bonchev–Trinajstić information content (AvgIpc) is 3.75. The summed E-state index contributed by atoms with van der Waals surface area (Å²) in [5, 5.41) is 11.8. The van der Waals surface area contributed by atoms with Gasteiger partial charge in [0.15, 0.2) is 5.82 Å². The van der Waals surface area contributed by atoms with Gasteiger partial charge in [-0.25, -0.2) is 8.78 Å². The number of likely N-dealkylation sites (tertiary alicyclic amines) is 1. The molecule has 0 spiro atoms. The highest BCUT2D eigenvalue weighted by molar-refractivity contribution is 6.36. The van der Waals surface area contributed by atoms with Gasteiger partial charge in [0.25, 0.3) is 0 Å². The number of fused-ring (bicyclic) bond motifs is 3. The van der Waals surface area contributed by atoms with Crippen molar-refractivity contribution in [1.82, 2.24) is 24.8 Å². The summed E-state index contributed by atoms with van der Waals surface area (Å²) in [4.78, 5) is 32.2. The molecule has 12 heteroatoms. The van der Waals surface area contributed by atoms with Crippen molar-refractivity contribution in [3.8, 4) is 23.3 Å². The molecule has 2 aromatic heterocycles. The van der Waals surface area contributed by atoms with Crippen LogP contribution in [0.25, 0.3) is 32.9 Å². The molecular weight excluding hydrogens is 624 g/mol. The SMILES string of the molecule is C=CC(=O)N1C[C@H](N(C)c2nc(OC[C@@]34CCCN3C[C@H](F)C4)nc3c(F)c(-c4cccc5cccc(Cl)c45)ncc23)C[C@@H]1CC#N. The average molecular weight is 658 g/mol. The number of halogens is 3. The summed E-state index contributed by atoms with van der Waals surface area (Å²) in [6.45, 7) is 5.30. The lowest BCUT2D eigenvalue weighted by molar-refractivity contribution is -0.126. The first-order chi connectivity index (χ1) is 22.7. The monoisotopic (exact) mass is 657 g/mol. The number of nitriles is 1. The van der Waals surface area contributed by atoms with E-state index in [9.17, 15) is 14.4 Å². The van der Waals surface area contributed by atoms with Crippen LogP contribution < -0.4 is 9.64 Å². The molecule has 3 aliphatic rings. The summed E-state index contributed by atoms with van der Waals surface area (Å²) in [5.41, 5.74) is 0.181. The predicted octanol–water partition coefficient (Wildman–Crippen LogP) is 6.10. The number of benzene rings is 2. The maximum Gasteiger partial charge on any atom is 0.319 e. The number of alkyl halides is 1. The Morgan fingerprint density at radius 2 is 2.09 bits per heavy atom. The van der Waals surface area contributed by atoms with Crippen LogP contribution in [0.4, 0.5) is 14.6 Å². The second-order valence-electron chi connectivity index (χ2n) is 12.7. The number of pyridine rings is 1. The van der Waals surface area contributed by atoms with Crippen molar-refractivity contribution in [3.05, 3.63) is 66.1 Å². The van der Waals surface area contributed by atoms with E-state index in [2.05, 4.69) is 27.5 Å². The zero-order chi connectivity index (χ0) is 32.9. The zero-order valence-electron chi connectivity index (χ0n) is 26.0. The number of hydrogen-bond donors (Lipinski definition) is 0. The molecule has 0 unspecified atom stereocenters. The minimum atomic E-state index is -0.929. The summed E-state index contributed by atoms with van der Waals surface area (Å²) in [6, 6.07) is 12.6. The molecule has 9 nitrogen and oxygen atoms in total. The van der Waals surface area contributed by atoms with E-state index in [4.69, 9.17) is 21.3 Å². The van der Waals surface area contributed by atoms with Gasteiger partial charge < -0.3 is 14.5 Å². The lowest BCUT2D eigenvalue weighted by Gasteiger charge is -2.31. The van der Waals surface area contributed by atoms with E-state index in [1.165, 1.54) is 6.08 Å². The van der Waals surface area contributed by atoms with Crippen molar-refractivity contribution < 1.29 is 18.3 Å². The van der Waals surface area contributed by atoms with Gasteiger partial charge in [0.2, 0.25) is 5.91 Å². The third kappa shape index (κ3) is 5.43. The maximum atomic E-state index is 16.8. The molecule has 0 bridgehead atoms. The van der Waals surface area contributed by atoms with Crippen molar-refractivity contribution in [2.75, 3.05) is 38.2 Å². The molecule has 5 heterocycles. The lowest BCUT2D eigenvalue weighted by atomic mass is 9.95. The number of amides is 1. The molecule has 0 radical (unpaired) electrons. The number of hydrogen-bond acceptors (Lipinski definition) is 8.